The topological polar surface area (TPSA) is 75.6 Å². The molecule has 5 heteroatoms. The Hall–Kier alpha value is -3.60. The molecule has 2 aliphatic carbocycles. The van der Waals surface area contributed by atoms with Gasteiger partial charge in [-0.2, -0.15) is 0 Å². The molecule has 0 radical (unpaired) electrons. The van der Waals surface area contributed by atoms with Crippen LogP contribution in [0.2, 0.25) is 0 Å². The molecule has 2 aliphatic rings. The number of rotatable bonds is 4. The lowest BCUT2D eigenvalue weighted by Gasteiger charge is -2.34. The van der Waals surface area contributed by atoms with Crippen molar-refractivity contribution in [3.05, 3.63) is 95.1 Å². The smallest absolute Gasteiger partial charge is 0.408 e. The second-order valence-corrected chi connectivity index (χ2v) is 8.28. The fourth-order valence-corrected chi connectivity index (χ4v) is 4.91. The molecule has 0 unspecified atom stereocenters. The quantitative estimate of drug-likeness (QED) is 0.659. The number of hydrogen-bond donors (Lipinski definition) is 2. The number of aryl methyl sites for hydroxylation is 1. The second-order valence-electron chi connectivity index (χ2n) is 8.28. The summed E-state index contributed by atoms with van der Waals surface area (Å²) in [5.74, 6) is -1.10. The van der Waals surface area contributed by atoms with Crippen LogP contribution in [0.25, 0.3) is 11.1 Å². The number of nitrogens with one attached hydrogen (secondary N) is 1. The highest BCUT2D eigenvalue weighted by atomic mass is 16.5. The molecule has 0 spiro atoms. The first-order valence-electron chi connectivity index (χ1n) is 10.5. The van der Waals surface area contributed by atoms with E-state index < -0.39 is 17.6 Å². The number of carbonyl (C=O) groups excluding carboxylic acids is 1. The number of hydrogen-bond acceptors (Lipinski definition) is 3. The number of carboxylic acid groups (broad SMARTS) is 1. The van der Waals surface area contributed by atoms with Gasteiger partial charge in [0.1, 0.15) is 12.1 Å². The molecular weight excluding hydrogens is 390 g/mol. The van der Waals surface area contributed by atoms with Crippen LogP contribution in [0, 0.1) is 0 Å². The predicted molar refractivity (Wildman–Crippen MR) is 117 cm³/mol. The van der Waals surface area contributed by atoms with E-state index in [1.165, 1.54) is 0 Å². The van der Waals surface area contributed by atoms with Crippen molar-refractivity contribution >= 4 is 12.1 Å². The number of carbonyl (C=O) groups is 2. The van der Waals surface area contributed by atoms with Gasteiger partial charge in [-0.15, -0.1) is 0 Å². The molecule has 2 N–H and O–H groups in total. The molecule has 5 rings (SSSR count). The lowest BCUT2D eigenvalue weighted by molar-refractivity contribution is -0.145. The molecule has 0 aromatic heterocycles. The van der Waals surface area contributed by atoms with Gasteiger partial charge in [-0.05, 0) is 46.2 Å². The minimum Gasteiger partial charge on any atom is -0.479 e. The van der Waals surface area contributed by atoms with E-state index in [1.54, 1.807) is 0 Å². The molecule has 3 aromatic carbocycles. The van der Waals surface area contributed by atoms with Crippen LogP contribution >= 0.6 is 0 Å². The Balaban J connectivity index is 1.33. The third-order valence-corrected chi connectivity index (χ3v) is 6.53. The lowest BCUT2D eigenvalue weighted by Crippen LogP contribution is -2.58. The number of alkyl carbamates (subject to hydrolysis) is 1. The van der Waals surface area contributed by atoms with Gasteiger partial charge >= 0.3 is 12.1 Å². The molecule has 31 heavy (non-hydrogen) atoms. The van der Waals surface area contributed by atoms with Crippen molar-refractivity contribution in [1.29, 1.82) is 0 Å². The van der Waals surface area contributed by atoms with Crippen LogP contribution < -0.4 is 5.32 Å². The Bertz CT molecular complexity index is 1130. The first-order chi connectivity index (χ1) is 15.1. The lowest BCUT2D eigenvalue weighted by atomic mass is 9.78. The van der Waals surface area contributed by atoms with Gasteiger partial charge in [0.2, 0.25) is 0 Å². The third-order valence-electron chi connectivity index (χ3n) is 6.53. The first kappa shape index (κ1) is 19.4. The average molecular weight is 413 g/mol. The number of carboxylic acids is 1. The van der Waals surface area contributed by atoms with Crippen molar-refractivity contribution < 1.29 is 19.4 Å². The van der Waals surface area contributed by atoms with Gasteiger partial charge in [-0.25, -0.2) is 9.59 Å². The summed E-state index contributed by atoms with van der Waals surface area (Å²) in [4.78, 5) is 24.9. The van der Waals surface area contributed by atoms with Crippen molar-refractivity contribution in [3.8, 4) is 11.1 Å². The molecule has 0 aliphatic heterocycles. The normalized spacial score (nSPS) is 19.1. The Kier molecular flexibility index (Phi) is 4.74. The molecule has 0 saturated heterocycles. The van der Waals surface area contributed by atoms with E-state index in [9.17, 15) is 14.7 Å². The number of amides is 1. The molecule has 1 amide bonds. The minimum absolute atomic E-state index is 0.0639. The maximum absolute atomic E-state index is 12.7. The van der Waals surface area contributed by atoms with E-state index in [0.29, 0.717) is 12.8 Å². The largest absolute Gasteiger partial charge is 0.479 e. The van der Waals surface area contributed by atoms with Gasteiger partial charge in [0.25, 0.3) is 0 Å². The van der Waals surface area contributed by atoms with Gasteiger partial charge in [0, 0.05) is 12.3 Å². The van der Waals surface area contributed by atoms with Gasteiger partial charge in [0.05, 0.1) is 0 Å². The van der Waals surface area contributed by atoms with Crippen LogP contribution in [0.3, 0.4) is 0 Å². The minimum atomic E-state index is -1.35. The van der Waals surface area contributed by atoms with Crippen molar-refractivity contribution in [2.75, 3.05) is 6.61 Å². The summed E-state index contributed by atoms with van der Waals surface area (Å²) in [6, 6.07) is 24.0. The highest BCUT2D eigenvalue weighted by molar-refractivity contribution is 5.85. The van der Waals surface area contributed by atoms with Crippen molar-refractivity contribution in [1.82, 2.24) is 5.32 Å². The van der Waals surface area contributed by atoms with E-state index in [2.05, 4.69) is 29.6 Å². The standard InChI is InChI=1S/C26H23NO4/c28-24(29)26(14-13-17-7-1-2-8-18(17)15-26)27-25(30)31-16-23-21-11-5-3-9-19(21)20-10-4-6-12-22(20)23/h1-12,23H,13-16H2,(H,27,30)(H,28,29)/t26-/m1/s1. The maximum atomic E-state index is 12.7. The zero-order chi connectivity index (χ0) is 21.4. The highest BCUT2D eigenvalue weighted by Crippen LogP contribution is 2.44. The third kappa shape index (κ3) is 3.36. The monoisotopic (exact) mass is 413 g/mol. The molecule has 3 aromatic rings. The molecule has 1 atom stereocenters. The molecule has 0 bridgehead atoms. The van der Waals surface area contributed by atoms with Crippen LogP contribution in [0.1, 0.15) is 34.6 Å². The summed E-state index contributed by atoms with van der Waals surface area (Å²) in [6.07, 6.45) is 0.502. The van der Waals surface area contributed by atoms with Gasteiger partial charge in [-0.3, -0.25) is 0 Å². The number of ether oxygens (including phenoxy) is 1. The molecule has 5 nitrogen and oxygen atoms in total. The Morgan fingerprint density at radius 1 is 0.903 bits per heavy atom. The van der Waals surface area contributed by atoms with Crippen molar-refractivity contribution in [2.24, 2.45) is 0 Å². The van der Waals surface area contributed by atoms with E-state index in [0.717, 1.165) is 33.4 Å². The summed E-state index contributed by atoms with van der Waals surface area (Å²) >= 11 is 0. The summed E-state index contributed by atoms with van der Waals surface area (Å²) in [5, 5.41) is 12.6. The zero-order valence-corrected chi connectivity index (χ0v) is 17.0. The van der Waals surface area contributed by atoms with Gasteiger partial charge in [0.15, 0.2) is 0 Å². The van der Waals surface area contributed by atoms with E-state index in [4.69, 9.17) is 4.74 Å². The second kappa shape index (κ2) is 7.58. The molecule has 0 saturated carbocycles. The fraction of sp³-hybridized carbons (Fsp3) is 0.231. The Morgan fingerprint density at radius 3 is 2.13 bits per heavy atom. The van der Waals surface area contributed by atoms with E-state index >= 15 is 0 Å². The first-order valence-corrected chi connectivity index (χ1v) is 10.5. The van der Waals surface area contributed by atoms with Crippen LogP contribution in [0.15, 0.2) is 72.8 Å². The van der Waals surface area contributed by atoms with Crippen LogP contribution in [-0.4, -0.2) is 29.3 Å². The predicted octanol–water partition coefficient (Wildman–Crippen LogP) is 4.54. The van der Waals surface area contributed by atoms with Crippen LogP contribution in [-0.2, 0) is 22.4 Å². The van der Waals surface area contributed by atoms with Crippen molar-refractivity contribution in [2.45, 2.75) is 30.7 Å². The van der Waals surface area contributed by atoms with Gasteiger partial charge in [-0.1, -0.05) is 72.8 Å². The number of aliphatic carboxylic acids is 1. The molecule has 0 fully saturated rings. The molecule has 156 valence electrons. The molecule has 0 heterocycles. The van der Waals surface area contributed by atoms with Crippen LogP contribution in [0.4, 0.5) is 4.79 Å². The Morgan fingerprint density at radius 2 is 1.48 bits per heavy atom. The van der Waals surface area contributed by atoms with E-state index in [-0.39, 0.29) is 18.9 Å². The Labute approximate surface area is 180 Å². The summed E-state index contributed by atoms with van der Waals surface area (Å²) in [5.41, 5.74) is 5.28. The number of fused-ring (bicyclic) bond motifs is 4. The maximum Gasteiger partial charge on any atom is 0.408 e. The van der Waals surface area contributed by atoms with Gasteiger partial charge < -0.3 is 15.2 Å². The van der Waals surface area contributed by atoms with Crippen molar-refractivity contribution in [3.63, 3.8) is 0 Å². The summed E-state index contributed by atoms with van der Waals surface area (Å²) < 4.78 is 5.59. The highest BCUT2D eigenvalue weighted by Gasteiger charge is 2.43. The number of benzene rings is 3. The average Bonchev–Trinajstić information content (AvgIpc) is 3.11. The summed E-state index contributed by atoms with van der Waals surface area (Å²) in [7, 11) is 0. The van der Waals surface area contributed by atoms with Crippen LogP contribution in [0.5, 0.6) is 0 Å². The SMILES string of the molecule is O=C(N[C@]1(C(=O)O)CCc2ccccc2C1)OCC1c2ccccc2-c2ccccc21. The van der Waals surface area contributed by atoms with E-state index in [1.807, 2.05) is 48.5 Å². The fourth-order valence-electron chi connectivity index (χ4n) is 4.91. The molecular formula is C26H23NO4. The summed E-state index contributed by atoms with van der Waals surface area (Å²) in [6.45, 7) is 0.159. The zero-order valence-electron chi connectivity index (χ0n) is 17.0.